The van der Waals surface area contributed by atoms with E-state index in [1.165, 1.54) is 5.70 Å². The van der Waals surface area contributed by atoms with Gasteiger partial charge in [-0.15, -0.1) is 0 Å². The molecule has 0 aromatic heterocycles. The van der Waals surface area contributed by atoms with Gasteiger partial charge in [0.15, 0.2) is 0 Å². The van der Waals surface area contributed by atoms with Gasteiger partial charge in [0, 0.05) is 24.2 Å². The minimum Gasteiger partial charge on any atom is -0.375 e. The van der Waals surface area contributed by atoms with Crippen LogP contribution in [-0.4, -0.2) is 23.8 Å². The van der Waals surface area contributed by atoms with E-state index >= 15 is 0 Å². The highest BCUT2D eigenvalue weighted by Gasteiger charge is 2.34. The van der Waals surface area contributed by atoms with Crippen LogP contribution in [0.15, 0.2) is 12.3 Å². The summed E-state index contributed by atoms with van der Waals surface area (Å²) < 4.78 is 0. The van der Waals surface area contributed by atoms with Gasteiger partial charge in [0.25, 0.3) is 0 Å². The summed E-state index contributed by atoms with van der Waals surface area (Å²) >= 11 is 0. The lowest BCUT2D eigenvalue weighted by Crippen LogP contribution is -2.42. The zero-order valence-corrected chi connectivity index (χ0v) is 10.5. The lowest BCUT2D eigenvalue weighted by molar-refractivity contribution is -0.127. The molecule has 0 radical (unpaired) electrons. The highest BCUT2D eigenvalue weighted by molar-refractivity contribution is 5.82. The lowest BCUT2D eigenvalue weighted by atomic mass is 9.77. The van der Waals surface area contributed by atoms with Crippen molar-refractivity contribution in [1.29, 1.82) is 0 Å². The van der Waals surface area contributed by atoms with Gasteiger partial charge in [-0.05, 0) is 25.7 Å². The first-order valence-corrected chi connectivity index (χ1v) is 5.81. The van der Waals surface area contributed by atoms with Crippen molar-refractivity contribution in [3.63, 3.8) is 0 Å². The van der Waals surface area contributed by atoms with Crippen LogP contribution in [0.5, 0.6) is 0 Å². The molecule has 1 aliphatic heterocycles. The molecule has 1 heterocycles. The van der Waals surface area contributed by atoms with Crippen LogP contribution < -0.4 is 0 Å². The van der Waals surface area contributed by atoms with Gasteiger partial charge in [-0.2, -0.15) is 0 Å². The van der Waals surface area contributed by atoms with Gasteiger partial charge in [-0.25, -0.2) is 0 Å². The third-order valence-corrected chi connectivity index (χ3v) is 3.79. The highest BCUT2D eigenvalue weighted by Crippen LogP contribution is 2.33. The normalized spacial score (nSPS) is 20.5. The molecule has 0 spiro atoms. The second-order valence-electron chi connectivity index (χ2n) is 5.25. The minimum atomic E-state index is -0.0895. The van der Waals surface area contributed by atoms with E-state index in [2.05, 4.69) is 32.3 Å². The maximum atomic E-state index is 11.5. The fourth-order valence-corrected chi connectivity index (χ4v) is 2.00. The van der Waals surface area contributed by atoms with Crippen LogP contribution in [0.2, 0.25) is 0 Å². The van der Waals surface area contributed by atoms with Gasteiger partial charge < -0.3 is 4.90 Å². The number of Topliss-reactive ketones (excluding diaryl/α,β-unsaturated/α-hetero) is 1. The topological polar surface area (TPSA) is 20.3 Å². The van der Waals surface area contributed by atoms with E-state index in [-0.39, 0.29) is 5.41 Å². The first kappa shape index (κ1) is 12.3. The Morgan fingerprint density at radius 1 is 1.33 bits per heavy atom. The number of carbonyl (C=O) groups excluding carboxylic acids is 1. The van der Waals surface area contributed by atoms with Crippen molar-refractivity contribution >= 4 is 5.78 Å². The summed E-state index contributed by atoms with van der Waals surface area (Å²) in [5.74, 6) is 0.837. The predicted octanol–water partition coefficient (Wildman–Crippen LogP) is 2.85. The number of hydrogen-bond acceptors (Lipinski definition) is 2. The highest BCUT2D eigenvalue weighted by atomic mass is 16.1. The third kappa shape index (κ3) is 2.61. The molecule has 0 N–H and O–H groups in total. The summed E-state index contributed by atoms with van der Waals surface area (Å²) in [7, 11) is 0. The smallest absolute Gasteiger partial charge is 0.135 e. The van der Waals surface area contributed by atoms with Crippen LogP contribution in [0.4, 0.5) is 0 Å². The number of piperidine rings is 1. The number of allylic oxidation sites excluding steroid dienone is 1. The quantitative estimate of drug-likeness (QED) is 0.712. The van der Waals surface area contributed by atoms with E-state index in [1.54, 1.807) is 6.92 Å². The largest absolute Gasteiger partial charge is 0.375 e. The second kappa shape index (κ2) is 4.38. The Hall–Kier alpha value is -0.790. The molecular weight excluding hydrogens is 186 g/mol. The van der Waals surface area contributed by atoms with Crippen LogP contribution in [0.3, 0.4) is 0 Å². The zero-order chi connectivity index (χ0) is 11.6. The van der Waals surface area contributed by atoms with Gasteiger partial charge in [-0.3, -0.25) is 4.79 Å². The average molecular weight is 209 g/mol. The molecule has 1 rings (SSSR count). The summed E-state index contributed by atoms with van der Waals surface area (Å²) in [4.78, 5) is 13.8. The number of ketones is 1. The summed E-state index contributed by atoms with van der Waals surface area (Å²) in [6, 6.07) is 0. The Morgan fingerprint density at radius 2 is 1.80 bits per heavy atom. The molecule has 1 saturated heterocycles. The van der Waals surface area contributed by atoms with Crippen molar-refractivity contribution in [3.05, 3.63) is 12.3 Å². The molecule has 0 unspecified atom stereocenters. The second-order valence-corrected chi connectivity index (χ2v) is 5.25. The molecule has 1 aliphatic rings. The summed E-state index contributed by atoms with van der Waals surface area (Å²) in [6.07, 6.45) is 1.93. The van der Waals surface area contributed by atoms with Crippen molar-refractivity contribution in [1.82, 2.24) is 4.90 Å². The van der Waals surface area contributed by atoms with Crippen LogP contribution in [0, 0.1) is 11.3 Å². The van der Waals surface area contributed by atoms with Gasteiger partial charge in [0.05, 0.1) is 0 Å². The Kier molecular flexibility index (Phi) is 3.58. The molecule has 2 heteroatoms. The van der Waals surface area contributed by atoms with Gasteiger partial charge in [0.2, 0.25) is 0 Å². The number of nitrogens with zero attached hydrogens (tertiary/aromatic N) is 1. The fraction of sp³-hybridized carbons (Fsp3) is 0.769. The van der Waals surface area contributed by atoms with Crippen molar-refractivity contribution < 1.29 is 4.79 Å². The maximum absolute atomic E-state index is 11.5. The van der Waals surface area contributed by atoms with Gasteiger partial charge >= 0.3 is 0 Å². The van der Waals surface area contributed by atoms with E-state index < -0.39 is 0 Å². The number of hydrogen-bond donors (Lipinski definition) is 0. The Balaban J connectivity index is 2.56. The first-order valence-electron chi connectivity index (χ1n) is 5.81. The molecule has 1 fully saturated rings. The average Bonchev–Trinajstić information content (AvgIpc) is 2.17. The molecule has 0 atom stereocenters. The van der Waals surface area contributed by atoms with Crippen LogP contribution in [-0.2, 0) is 4.79 Å². The first-order chi connectivity index (χ1) is 6.87. The minimum absolute atomic E-state index is 0.0895. The molecule has 2 nitrogen and oxygen atoms in total. The SMILES string of the molecule is C=C(C(C)C)N1CCC(C)(C(C)=O)CC1. The van der Waals surface area contributed by atoms with Gasteiger partial charge in [-0.1, -0.05) is 27.4 Å². The van der Waals surface area contributed by atoms with E-state index in [0.717, 1.165) is 25.9 Å². The fourth-order valence-electron chi connectivity index (χ4n) is 2.00. The summed E-state index contributed by atoms with van der Waals surface area (Å²) in [5, 5.41) is 0. The van der Waals surface area contributed by atoms with Crippen LogP contribution in [0.1, 0.15) is 40.5 Å². The summed E-state index contributed by atoms with van der Waals surface area (Å²) in [6.45, 7) is 14.2. The maximum Gasteiger partial charge on any atom is 0.135 e. The molecule has 15 heavy (non-hydrogen) atoms. The molecule has 0 aliphatic carbocycles. The van der Waals surface area contributed by atoms with Crippen LogP contribution in [0.25, 0.3) is 0 Å². The standard InChI is InChI=1S/C13H23NO/c1-10(2)11(3)14-8-6-13(5,7-9-14)12(4)15/h10H,3,6-9H2,1-2,4-5H3. The van der Waals surface area contributed by atoms with E-state index in [4.69, 9.17) is 0 Å². The molecule has 0 saturated carbocycles. The Labute approximate surface area is 93.3 Å². The Morgan fingerprint density at radius 3 is 2.13 bits per heavy atom. The number of likely N-dealkylation sites (tertiary alicyclic amines) is 1. The predicted molar refractivity (Wildman–Crippen MR) is 63.6 cm³/mol. The molecular formula is C13H23NO. The zero-order valence-electron chi connectivity index (χ0n) is 10.5. The van der Waals surface area contributed by atoms with E-state index in [0.29, 0.717) is 11.7 Å². The van der Waals surface area contributed by atoms with Crippen molar-refractivity contribution in [3.8, 4) is 0 Å². The van der Waals surface area contributed by atoms with E-state index in [1.807, 2.05) is 0 Å². The molecule has 0 aromatic rings. The Bertz CT molecular complexity index is 260. The molecule has 0 aromatic carbocycles. The lowest BCUT2D eigenvalue weighted by Gasteiger charge is -2.40. The van der Waals surface area contributed by atoms with E-state index in [9.17, 15) is 4.79 Å². The summed E-state index contributed by atoms with van der Waals surface area (Å²) in [5.41, 5.74) is 1.12. The monoisotopic (exact) mass is 209 g/mol. The van der Waals surface area contributed by atoms with Crippen molar-refractivity contribution in [2.24, 2.45) is 11.3 Å². The molecule has 0 bridgehead atoms. The third-order valence-electron chi connectivity index (χ3n) is 3.79. The molecule has 0 amide bonds. The molecule has 86 valence electrons. The van der Waals surface area contributed by atoms with Crippen LogP contribution >= 0.6 is 0 Å². The number of rotatable bonds is 3. The van der Waals surface area contributed by atoms with Crippen molar-refractivity contribution in [2.75, 3.05) is 13.1 Å². The number of carbonyl (C=O) groups is 1. The van der Waals surface area contributed by atoms with Gasteiger partial charge in [0.1, 0.15) is 5.78 Å². The van der Waals surface area contributed by atoms with Crippen molar-refractivity contribution in [2.45, 2.75) is 40.5 Å².